The van der Waals surface area contributed by atoms with E-state index >= 15 is 0 Å². The number of aromatic nitrogens is 1. The zero-order valence-electron chi connectivity index (χ0n) is 11.1. The molecule has 2 aromatic heterocycles. The van der Waals surface area contributed by atoms with Gasteiger partial charge >= 0.3 is 0 Å². The van der Waals surface area contributed by atoms with Crippen molar-refractivity contribution >= 4 is 27.6 Å². The maximum absolute atomic E-state index is 8.12. The van der Waals surface area contributed by atoms with E-state index in [1.54, 1.807) is 0 Å². The highest BCUT2D eigenvalue weighted by atomic mass is 16.3. The number of anilines is 1. The quantitative estimate of drug-likeness (QED) is 0.613. The third-order valence-corrected chi connectivity index (χ3v) is 4.10. The molecule has 0 unspecified atom stereocenters. The summed E-state index contributed by atoms with van der Waals surface area (Å²) in [6.07, 6.45) is 4.31. The van der Waals surface area contributed by atoms with Crippen molar-refractivity contribution < 1.29 is 4.42 Å². The number of benzene rings is 1. The molecule has 0 saturated heterocycles. The summed E-state index contributed by atoms with van der Waals surface area (Å²) < 4.78 is 5.59. The Balaban J connectivity index is 2.32. The standard InChI is InChI=1S/C16H15N3O/c17-15-14-13(9-5-1-3-7-11(9)19-15)10-6-2-4-8-12(10)20-16(14)18/h2,4,6,8,18H,1,3,5,7H2,(H2,17,19). The van der Waals surface area contributed by atoms with Crippen LogP contribution in [0.2, 0.25) is 0 Å². The lowest BCUT2D eigenvalue weighted by Crippen LogP contribution is -2.13. The minimum absolute atomic E-state index is 0.108. The summed E-state index contributed by atoms with van der Waals surface area (Å²) in [5, 5.41) is 10.9. The van der Waals surface area contributed by atoms with Gasteiger partial charge in [-0.2, -0.15) is 0 Å². The van der Waals surface area contributed by atoms with Gasteiger partial charge in [0.1, 0.15) is 11.4 Å². The molecule has 1 aliphatic rings. The summed E-state index contributed by atoms with van der Waals surface area (Å²) in [4.78, 5) is 4.51. The smallest absolute Gasteiger partial charge is 0.223 e. The van der Waals surface area contributed by atoms with Crippen molar-refractivity contribution in [3.05, 3.63) is 41.1 Å². The van der Waals surface area contributed by atoms with E-state index in [1.807, 2.05) is 24.3 Å². The van der Waals surface area contributed by atoms with Crippen LogP contribution in [-0.4, -0.2) is 4.98 Å². The molecule has 2 heterocycles. The van der Waals surface area contributed by atoms with Crippen LogP contribution in [0.3, 0.4) is 0 Å². The van der Waals surface area contributed by atoms with E-state index in [2.05, 4.69) is 4.98 Å². The Morgan fingerprint density at radius 3 is 2.80 bits per heavy atom. The maximum atomic E-state index is 8.12. The van der Waals surface area contributed by atoms with Crippen molar-refractivity contribution in [1.82, 2.24) is 4.98 Å². The molecule has 4 rings (SSSR count). The molecule has 0 saturated carbocycles. The van der Waals surface area contributed by atoms with E-state index in [0.29, 0.717) is 11.2 Å². The molecule has 1 aliphatic carbocycles. The van der Waals surface area contributed by atoms with Crippen LogP contribution in [0.15, 0.2) is 28.7 Å². The summed E-state index contributed by atoms with van der Waals surface area (Å²) in [6, 6.07) is 7.86. The van der Waals surface area contributed by atoms with Crippen LogP contribution in [-0.2, 0) is 12.8 Å². The number of fused-ring (bicyclic) bond motifs is 5. The van der Waals surface area contributed by atoms with Crippen molar-refractivity contribution in [2.75, 3.05) is 5.73 Å². The highest BCUT2D eigenvalue weighted by Gasteiger charge is 2.19. The Kier molecular flexibility index (Phi) is 2.33. The number of nitrogens with one attached hydrogen (secondary N) is 1. The number of nitrogen functional groups attached to an aromatic ring is 1. The molecule has 3 aromatic rings. The summed E-state index contributed by atoms with van der Waals surface area (Å²) in [5.74, 6) is 0.417. The first kappa shape index (κ1) is 11.5. The summed E-state index contributed by atoms with van der Waals surface area (Å²) in [6.45, 7) is 0. The van der Waals surface area contributed by atoms with Gasteiger partial charge in [-0.05, 0) is 37.3 Å². The van der Waals surface area contributed by atoms with E-state index in [9.17, 15) is 0 Å². The van der Waals surface area contributed by atoms with Crippen LogP contribution in [0.4, 0.5) is 5.82 Å². The van der Waals surface area contributed by atoms with Crippen LogP contribution < -0.4 is 11.3 Å². The second-order valence-corrected chi connectivity index (χ2v) is 5.31. The van der Waals surface area contributed by atoms with Gasteiger partial charge in [-0.1, -0.05) is 18.2 Å². The molecule has 3 N–H and O–H groups in total. The zero-order valence-corrected chi connectivity index (χ0v) is 11.1. The van der Waals surface area contributed by atoms with E-state index < -0.39 is 0 Å². The Hall–Kier alpha value is -2.36. The fourth-order valence-corrected chi connectivity index (χ4v) is 3.21. The molecule has 0 fully saturated rings. The lowest BCUT2D eigenvalue weighted by molar-refractivity contribution is 0.542. The van der Waals surface area contributed by atoms with Crippen molar-refractivity contribution in [3.8, 4) is 0 Å². The normalized spacial score (nSPS) is 14.6. The lowest BCUT2D eigenvalue weighted by Gasteiger charge is -2.19. The lowest BCUT2D eigenvalue weighted by atomic mass is 9.90. The van der Waals surface area contributed by atoms with Gasteiger partial charge in [-0.3, -0.25) is 5.41 Å². The van der Waals surface area contributed by atoms with Gasteiger partial charge in [0.15, 0.2) is 0 Å². The molecule has 0 atom stereocenters. The number of pyridine rings is 1. The molecule has 0 radical (unpaired) electrons. The molecule has 20 heavy (non-hydrogen) atoms. The second-order valence-electron chi connectivity index (χ2n) is 5.31. The van der Waals surface area contributed by atoms with Crippen LogP contribution in [0.25, 0.3) is 21.7 Å². The number of nitrogens with zero attached hydrogens (tertiary/aromatic N) is 1. The van der Waals surface area contributed by atoms with Crippen LogP contribution in [0.5, 0.6) is 0 Å². The first-order valence-electron chi connectivity index (χ1n) is 6.93. The minimum atomic E-state index is 0.108. The Bertz CT molecular complexity index is 895. The zero-order chi connectivity index (χ0) is 13.7. The summed E-state index contributed by atoms with van der Waals surface area (Å²) >= 11 is 0. The van der Waals surface area contributed by atoms with Crippen molar-refractivity contribution in [3.63, 3.8) is 0 Å². The fourth-order valence-electron chi connectivity index (χ4n) is 3.21. The molecule has 4 nitrogen and oxygen atoms in total. The summed E-state index contributed by atoms with van der Waals surface area (Å²) in [5.41, 5.74) is 9.27. The monoisotopic (exact) mass is 265 g/mol. The number of hydrogen-bond acceptors (Lipinski definition) is 4. The highest BCUT2D eigenvalue weighted by molar-refractivity contribution is 6.09. The molecule has 4 heteroatoms. The number of hydrogen-bond donors (Lipinski definition) is 2. The third-order valence-electron chi connectivity index (χ3n) is 4.10. The number of para-hydroxylation sites is 1. The second kappa shape index (κ2) is 4.07. The van der Waals surface area contributed by atoms with Gasteiger partial charge < -0.3 is 10.2 Å². The Morgan fingerprint density at radius 2 is 1.90 bits per heavy atom. The van der Waals surface area contributed by atoms with Crippen molar-refractivity contribution in [2.45, 2.75) is 25.7 Å². The molecular weight excluding hydrogens is 250 g/mol. The van der Waals surface area contributed by atoms with E-state index in [0.717, 1.165) is 41.3 Å². The molecule has 1 aromatic carbocycles. The third kappa shape index (κ3) is 1.48. The molecule has 0 amide bonds. The number of nitrogens with two attached hydrogens (primary N) is 1. The molecule has 100 valence electrons. The van der Waals surface area contributed by atoms with Gasteiger partial charge in [0.2, 0.25) is 5.55 Å². The largest absolute Gasteiger partial charge is 0.438 e. The van der Waals surface area contributed by atoms with Crippen LogP contribution >= 0.6 is 0 Å². The van der Waals surface area contributed by atoms with Gasteiger partial charge in [-0.25, -0.2) is 4.98 Å². The predicted octanol–water partition coefficient (Wildman–Crippen LogP) is 2.92. The first-order valence-corrected chi connectivity index (χ1v) is 6.93. The SMILES string of the molecule is N=c1oc2ccccc2c2c3c(nc(N)c12)CCCC3. The highest BCUT2D eigenvalue weighted by Crippen LogP contribution is 2.33. The topological polar surface area (TPSA) is 75.9 Å². The number of aryl methyl sites for hydroxylation is 2. The molecular formula is C16H15N3O. The molecule has 0 bridgehead atoms. The fraction of sp³-hybridized carbons (Fsp3) is 0.250. The average molecular weight is 265 g/mol. The van der Waals surface area contributed by atoms with Crippen molar-refractivity contribution in [2.24, 2.45) is 0 Å². The van der Waals surface area contributed by atoms with Gasteiger partial charge in [-0.15, -0.1) is 0 Å². The first-order chi connectivity index (χ1) is 9.75. The minimum Gasteiger partial charge on any atom is -0.438 e. The van der Waals surface area contributed by atoms with E-state index in [4.69, 9.17) is 15.6 Å². The van der Waals surface area contributed by atoms with Crippen LogP contribution in [0.1, 0.15) is 24.1 Å². The van der Waals surface area contributed by atoms with E-state index in [1.165, 1.54) is 12.0 Å². The van der Waals surface area contributed by atoms with Gasteiger partial charge in [0.05, 0.1) is 5.39 Å². The van der Waals surface area contributed by atoms with Gasteiger partial charge in [0, 0.05) is 16.5 Å². The Morgan fingerprint density at radius 1 is 1.10 bits per heavy atom. The molecule has 0 aliphatic heterocycles. The van der Waals surface area contributed by atoms with Gasteiger partial charge in [0.25, 0.3) is 0 Å². The van der Waals surface area contributed by atoms with Crippen molar-refractivity contribution in [1.29, 1.82) is 5.41 Å². The molecule has 0 spiro atoms. The summed E-state index contributed by atoms with van der Waals surface area (Å²) in [7, 11) is 0. The van der Waals surface area contributed by atoms with E-state index in [-0.39, 0.29) is 5.55 Å². The Labute approximate surface area is 115 Å². The average Bonchev–Trinajstić information content (AvgIpc) is 2.46. The maximum Gasteiger partial charge on any atom is 0.223 e. The predicted molar refractivity (Wildman–Crippen MR) is 78.4 cm³/mol. The number of rotatable bonds is 0. The van der Waals surface area contributed by atoms with Crippen LogP contribution in [0, 0.1) is 5.41 Å².